The molecular formula is C29H43N5. The van der Waals surface area contributed by atoms with E-state index in [9.17, 15) is 0 Å². The van der Waals surface area contributed by atoms with E-state index in [0.717, 1.165) is 18.1 Å². The Morgan fingerprint density at radius 2 is 1.56 bits per heavy atom. The van der Waals surface area contributed by atoms with Crippen molar-refractivity contribution in [2.24, 2.45) is 5.73 Å². The summed E-state index contributed by atoms with van der Waals surface area (Å²) in [6, 6.07) is 24.3. The molecule has 0 unspecified atom stereocenters. The predicted octanol–water partition coefficient (Wildman–Crippen LogP) is 6.98. The maximum Gasteiger partial charge on any atom is 0.149 e. The molecule has 3 aromatic rings. The number of aryl methyl sites for hydroxylation is 1. The molecule has 0 bridgehead atoms. The Kier molecular flexibility index (Phi) is 17.2. The molecule has 1 heterocycles. The number of hydrogen-bond acceptors (Lipinski definition) is 5. The average molecular weight is 462 g/mol. The summed E-state index contributed by atoms with van der Waals surface area (Å²) in [5.74, 6) is 1.30. The second-order valence-electron chi connectivity index (χ2n) is 7.75. The molecule has 0 radical (unpaired) electrons. The fourth-order valence-electron chi connectivity index (χ4n) is 2.68. The lowest BCUT2D eigenvalue weighted by molar-refractivity contribution is 0.774. The van der Waals surface area contributed by atoms with E-state index in [2.05, 4.69) is 68.4 Å². The highest BCUT2D eigenvalue weighted by atomic mass is 15.0. The minimum absolute atomic E-state index is 0.373. The van der Waals surface area contributed by atoms with Crippen LogP contribution in [0.3, 0.4) is 0 Å². The molecule has 4 N–H and O–H groups in total. The molecule has 0 aliphatic heterocycles. The summed E-state index contributed by atoms with van der Waals surface area (Å²) >= 11 is 0. The van der Waals surface area contributed by atoms with Crippen molar-refractivity contribution >= 4 is 11.5 Å². The second-order valence-corrected chi connectivity index (χ2v) is 7.75. The van der Waals surface area contributed by atoms with Crippen LogP contribution in [0, 0.1) is 18.3 Å². The summed E-state index contributed by atoms with van der Waals surface area (Å²) < 4.78 is 0. The minimum Gasteiger partial charge on any atom is -0.382 e. The van der Waals surface area contributed by atoms with Crippen LogP contribution >= 0.6 is 0 Å². The molecule has 3 rings (SSSR count). The number of nitrogens with two attached hydrogens (primary N) is 1. The van der Waals surface area contributed by atoms with Gasteiger partial charge in [-0.2, -0.15) is 5.26 Å². The fraction of sp³-hybridized carbons (Fsp3) is 0.379. The number of hydrogen-bond donors (Lipinski definition) is 3. The molecule has 1 atom stereocenters. The summed E-state index contributed by atoms with van der Waals surface area (Å²) in [5.41, 5.74) is 9.79. The van der Waals surface area contributed by atoms with Gasteiger partial charge < -0.3 is 16.4 Å². The third kappa shape index (κ3) is 13.2. The molecule has 0 aliphatic rings. The molecule has 1 aromatic heterocycles. The number of aromatic nitrogens is 1. The molecule has 0 saturated carbocycles. The smallest absolute Gasteiger partial charge is 0.149 e. The monoisotopic (exact) mass is 461 g/mol. The van der Waals surface area contributed by atoms with E-state index >= 15 is 0 Å². The molecule has 5 nitrogen and oxygen atoms in total. The van der Waals surface area contributed by atoms with Gasteiger partial charge in [0.05, 0.1) is 17.3 Å². The van der Waals surface area contributed by atoms with Crippen molar-refractivity contribution in [1.29, 1.82) is 5.26 Å². The van der Waals surface area contributed by atoms with E-state index < -0.39 is 0 Å². The number of nitrogens with one attached hydrogen (secondary N) is 2. The van der Waals surface area contributed by atoms with E-state index in [1.165, 1.54) is 11.1 Å². The zero-order valence-electron chi connectivity index (χ0n) is 22.0. The Bertz CT molecular complexity index is 915. The molecule has 34 heavy (non-hydrogen) atoms. The SMILES string of the molecule is CC.CCNc1cccnc1NC(C)C.C[C@H](CN)c1ccc(C#N)cc1.Cc1ccccc1. The van der Waals surface area contributed by atoms with Crippen LogP contribution < -0.4 is 16.4 Å². The van der Waals surface area contributed by atoms with Gasteiger partial charge in [0.2, 0.25) is 0 Å². The lowest BCUT2D eigenvalue weighted by Gasteiger charge is -2.13. The van der Waals surface area contributed by atoms with Crippen molar-refractivity contribution in [2.45, 2.75) is 60.4 Å². The lowest BCUT2D eigenvalue weighted by Crippen LogP contribution is -2.13. The van der Waals surface area contributed by atoms with Crippen molar-refractivity contribution in [3.63, 3.8) is 0 Å². The molecular weight excluding hydrogens is 418 g/mol. The van der Waals surface area contributed by atoms with Crippen LogP contribution in [-0.2, 0) is 0 Å². The molecule has 0 amide bonds. The Labute approximate surface area is 207 Å². The van der Waals surface area contributed by atoms with Gasteiger partial charge in [0.25, 0.3) is 0 Å². The van der Waals surface area contributed by atoms with E-state index in [4.69, 9.17) is 11.0 Å². The molecule has 0 fully saturated rings. The van der Waals surface area contributed by atoms with Gasteiger partial charge in [0.15, 0.2) is 0 Å². The van der Waals surface area contributed by atoms with E-state index in [1.54, 1.807) is 6.20 Å². The zero-order valence-corrected chi connectivity index (χ0v) is 22.0. The summed E-state index contributed by atoms with van der Waals surface area (Å²) in [4.78, 5) is 4.26. The first-order valence-electron chi connectivity index (χ1n) is 12.1. The molecule has 2 aromatic carbocycles. The summed E-state index contributed by atoms with van der Waals surface area (Å²) in [6.45, 7) is 16.0. The second kappa shape index (κ2) is 19.1. The van der Waals surface area contributed by atoms with Crippen LogP contribution in [0.5, 0.6) is 0 Å². The van der Waals surface area contributed by atoms with Crippen LogP contribution in [0.4, 0.5) is 11.5 Å². The fourth-order valence-corrected chi connectivity index (χ4v) is 2.68. The predicted molar refractivity (Wildman–Crippen MR) is 148 cm³/mol. The van der Waals surface area contributed by atoms with Gasteiger partial charge in [-0.1, -0.05) is 68.8 Å². The summed E-state index contributed by atoms with van der Waals surface area (Å²) in [7, 11) is 0. The first-order chi connectivity index (χ1) is 16.4. The summed E-state index contributed by atoms with van der Waals surface area (Å²) in [5, 5.41) is 15.1. The highest BCUT2D eigenvalue weighted by molar-refractivity contribution is 5.64. The third-order valence-electron chi connectivity index (χ3n) is 4.50. The van der Waals surface area contributed by atoms with Crippen molar-refractivity contribution in [2.75, 3.05) is 23.7 Å². The van der Waals surface area contributed by atoms with Gasteiger partial charge in [0.1, 0.15) is 5.82 Å². The normalized spacial score (nSPS) is 10.1. The van der Waals surface area contributed by atoms with Gasteiger partial charge in [0, 0.05) is 18.8 Å². The molecule has 5 heteroatoms. The maximum absolute atomic E-state index is 8.55. The first-order valence-corrected chi connectivity index (χ1v) is 12.1. The van der Waals surface area contributed by atoms with Crippen molar-refractivity contribution in [3.05, 3.63) is 89.6 Å². The maximum atomic E-state index is 8.55. The Morgan fingerprint density at radius 1 is 0.941 bits per heavy atom. The van der Waals surface area contributed by atoms with Crippen LogP contribution in [0.1, 0.15) is 64.2 Å². The molecule has 0 spiro atoms. The zero-order chi connectivity index (χ0) is 25.8. The molecule has 0 saturated heterocycles. The van der Waals surface area contributed by atoms with Crippen LogP contribution in [0.2, 0.25) is 0 Å². The van der Waals surface area contributed by atoms with Crippen LogP contribution in [-0.4, -0.2) is 24.1 Å². The Balaban J connectivity index is 0.000000480. The van der Waals surface area contributed by atoms with Gasteiger partial charge >= 0.3 is 0 Å². The van der Waals surface area contributed by atoms with Gasteiger partial charge in [-0.05, 0) is 70.0 Å². The van der Waals surface area contributed by atoms with Gasteiger partial charge in [-0.3, -0.25) is 0 Å². The number of nitriles is 1. The van der Waals surface area contributed by atoms with Crippen molar-refractivity contribution in [3.8, 4) is 6.07 Å². The molecule has 184 valence electrons. The minimum atomic E-state index is 0.373. The number of benzene rings is 2. The van der Waals surface area contributed by atoms with Gasteiger partial charge in [-0.15, -0.1) is 0 Å². The quantitative estimate of drug-likeness (QED) is 0.369. The third-order valence-corrected chi connectivity index (χ3v) is 4.50. The molecule has 0 aliphatic carbocycles. The average Bonchev–Trinajstić information content (AvgIpc) is 2.87. The van der Waals surface area contributed by atoms with E-state index in [-0.39, 0.29) is 0 Å². The number of anilines is 2. The van der Waals surface area contributed by atoms with Gasteiger partial charge in [-0.25, -0.2) is 4.98 Å². The number of nitrogens with zero attached hydrogens (tertiary/aromatic N) is 2. The van der Waals surface area contributed by atoms with Crippen molar-refractivity contribution < 1.29 is 0 Å². The Morgan fingerprint density at radius 3 is 2.00 bits per heavy atom. The van der Waals surface area contributed by atoms with Crippen LogP contribution in [0.15, 0.2) is 72.9 Å². The topological polar surface area (TPSA) is 86.8 Å². The van der Waals surface area contributed by atoms with Crippen molar-refractivity contribution in [1.82, 2.24) is 4.98 Å². The Hall–Kier alpha value is -3.36. The number of pyridine rings is 1. The standard InChI is InChI=1S/C10H17N3.C10H12N2.C7H8.C2H6/c1-4-11-9-6-5-7-12-10(9)13-8(2)3;1-8(6-11)10-4-2-9(7-12)3-5-10;1-7-5-3-2-4-6-7;1-2/h5-8,11H,4H2,1-3H3,(H,12,13);2-5,8H,6,11H2,1H3;2-6H,1H3;1-2H3/t;8-;;/m.1../s1. The number of rotatable bonds is 6. The summed E-state index contributed by atoms with van der Waals surface area (Å²) in [6.07, 6.45) is 1.80. The van der Waals surface area contributed by atoms with E-state index in [0.29, 0.717) is 24.1 Å². The first kappa shape index (κ1) is 30.6. The largest absolute Gasteiger partial charge is 0.382 e. The highest BCUT2D eigenvalue weighted by Gasteiger charge is 2.02. The highest BCUT2D eigenvalue weighted by Crippen LogP contribution is 2.18. The van der Waals surface area contributed by atoms with E-state index in [1.807, 2.05) is 68.4 Å². The lowest BCUT2D eigenvalue weighted by atomic mass is 10.0. The van der Waals surface area contributed by atoms with Crippen LogP contribution in [0.25, 0.3) is 0 Å².